The summed E-state index contributed by atoms with van der Waals surface area (Å²) in [6.45, 7) is 5.90. The van der Waals surface area contributed by atoms with Crippen LogP contribution in [0.25, 0.3) is 0 Å². The summed E-state index contributed by atoms with van der Waals surface area (Å²) in [7, 11) is 0. The highest BCUT2D eigenvalue weighted by Gasteiger charge is 2.32. The third-order valence-corrected chi connectivity index (χ3v) is 4.83. The number of nitrogens with zero attached hydrogens (tertiary/aromatic N) is 1. The largest absolute Gasteiger partial charge is 0.390 e. The number of benzene rings is 1. The van der Waals surface area contributed by atoms with E-state index in [0.717, 1.165) is 17.7 Å². The summed E-state index contributed by atoms with van der Waals surface area (Å²) in [5.41, 5.74) is 2.14. The van der Waals surface area contributed by atoms with Gasteiger partial charge in [0.05, 0.1) is 12.1 Å². The molecule has 0 bridgehead atoms. The quantitative estimate of drug-likeness (QED) is 0.750. The zero-order valence-corrected chi connectivity index (χ0v) is 14.0. The van der Waals surface area contributed by atoms with Crippen molar-refractivity contribution >= 4 is 6.03 Å². The molecule has 2 unspecified atom stereocenters. The molecular weight excluding hydrogens is 290 g/mol. The molecule has 5 nitrogen and oxygen atoms in total. The predicted octanol–water partition coefficient (Wildman–Crippen LogP) is 1.82. The number of aliphatic hydroxyl groups excluding tert-OH is 1. The Morgan fingerprint density at radius 3 is 2.78 bits per heavy atom. The molecule has 126 valence electrons. The molecule has 0 aliphatic heterocycles. The number of amides is 2. The summed E-state index contributed by atoms with van der Waals surface area (Å²) in [6.07, 6.45) is 2.60. The van der Waals surface area contributed by atoms with Crippen molar-refractivity contribution in [2.24, 2.45) is 0 Å². The number of carbonyl (C=O) groups excluding carboxylic acids is 1. The van der Waals surface area contributed by atoms with Gasteiger partial charge in [0, 0.05) is 31.6 Å². The van der Waals surface area contributed by atoms with Crippen LogP contribution in [0.3, 0.4) is 0 Å². The van der Waals surface area contributed by atoms with Crippen LogP contribution in [0.4, 0.5) is 4.79 Å². The van der Waals surface area contributed by atoms with Crippen molar-refractivity contribution in [2.45, 2.75) is 57.3 Å². The van der Waals surface area contributed by atoms with Crippen molar-refractivity contribution in [3.8, 4) is 0 Å². The van der Waals surface area contributed by atoms with E-state index in [1.165, 1.54) is 12.8 Å². The molecular formula is C18H27N3O2. The normalized spacial score (nSPS) is 23.2. The molecule has 2 atom stereocenters. The average Bonchev–Trinajstić information content (AvgIpc) is 3.29. The summed E-state index contributed by atoms with van der Waals surface area (Å²) in [5, 5.41) is 16.0. The molecule has 0 heterocycles. The molecule has 3 N–H and O–H groups in total. The lowest BCUT2D eigenvalue weighted by Crippen LogP contribution is -2.45. The maximum absolute atomic E-state index is 12.1. The molecule has 2 aliphatic rings. The molecule has 2 aliphatic carbocycles. The zero-order valence-electron chi connectivity index (χ0n) is 14.0. The van der Waals surface area contributed by atoms with Gasteiger partial charge in [-0.1, -0.05) is 24.3 Å². The zero-order chi connectivity index (χ0) is 16.4. The first-order valence-electron chi connectivity index (χ1n) is 8.62. The van der Waals surface area contributed by atoms with Crippen LogP contribution in [0, 0.1) is 0 Å². The second-order valence-corrected chi connectivity index (χ2v) is 6.91. The lowest BCUT2D eigenvalue weighted by atomic mass is 10.1. The average molecular weight is 317 g/mol. The lowest BCUT2D eigenvalue weighted by Gasteiger charge is -2.26. The number of carbonyl (C=O) groups is 1. The molecule has 2 amide bonds. The van der Waals surface area contributed by atoms with E-state index in [1.54, 1.807) is 0 Å². The summed E-state index contributed by atoms with van der Waals surface area (Å²) < 4.78 is 0. The molecule has 0 aromatic heterocycles. The Bertz CT molecular complexity index is 555. The van der Waals surface area contributed by atoms with Gasteiger partial charge in [-0.15, -0.1) is 0 Å². The van der Waals surface area contributed by atoms with Crippen LogP contribution in [-0.2, 0) is 6.42 Å². The molecule has 1 saturated carbocycles. The fourth-order valence-corrected chi connectivity index (χ4v) is 3.51. The highest BCUT2D eigenvalue weighted by atomic mass is 16.3. The first-order chi connectivity index (χ1) is 11.1. The SMILES string of the molecule is CC(C)N(CCNC(=O)NC1c2ccccc2CC1O)C1CC1. The van der Waals surface area contributed by atoms with E-state index in [9.17, 15) is 9.90 Å². The molecule has 1 fully saturated rings. The van der Waals surface area contributed by atoms with Crippen LogP contribution in [0.2, 0.25) is 0 Å². The second-order valence-electron chi connectivity index (χ2n) is 6.91. The Kier molecular flexibility index (Phi) is 4.87. The number of urea groups is 1. The van der Waals surface area contributed by atoms with Crippen LogP contribution in [0.15, 0.2) is 24.3 Å². The molecule has 0 radical (unpaired) electrons. The van der Waals surface area contributed by atoms with Gasteiger partial charge in [0.2, 0.25) is 0 Å². The number of rotatable bonds is 6. The Labute approximate surface area is 138 Å². The van der Waals surface area contributed by atoms with Crippen LogP contribution >= 0.6 is 0 Å². The summed E-state index contributed by atoms with van der Waals surface area (Å²) in [5.74, 6) is 0. The Hall–Kier alpha value is -1.59. The minimum atomic E-state index is -0.545. The first kappa shape index (κ1) is 16.3. The van der Waals surface area contributed by atoms with Gasteiger partial charge in [-0.05, 0) is 37.8 Å². The molecule has 0 saturated heterocycles. The summed E-state index contributed by atoms with van der Waals surface area (Å²) in [4.78, 5) is 14.6. The van der Waals surface area contributed by atoms with Gasteiger partial charge in [0.25, 0.3) is 0 Å². The van der Waals surface area contributed by atoms with Crippen LogP contribution in [0.1, 0.15) is 43.9 Å². The van der Waals surface area contributed by atoms with Gasteiger partial charge in [0.1, 0.15) is 0 Å². The third kappa shape index (κ3) is 3.85. The van der Waals surface area contributed by atoms with Gasteiger partial charge >= 0.3 is 6.03 Å². The summed E-state index contributed by atoms with van der Waals surface area (Å²) >= 11 is 0. The maximum Gasteiger partial charge on any atom is 0.315 e. The number of aliphatic hydroxyl groups is 1. The van der Waals surface area contributed by atoms with Crippen LogP contribution in [0.5, 0.6) is 0 Å². The Balaban J connectivity index is 1.48. The fraction of sp³-hybridized carbons (Fsp3) is 0.611. The van der Waals surface area contributed by atoms with Crippen molar-refractivity contribution in [1.29, 1.82) is 0 Å². The predicted molar refractivity (Wildman–Crippen MR) is 90.3 cm³/mol. The van der Waals surface area contributed by atoms with E-state index in [0.29, 0.717) is 25.0 Å². The van der Waals surface area contributed by atoms with E-state index >= 15 is 0 Å². The number of fused-ring (bicyclic) bond motifs is 1. The third-order valence-electron chi connectivity index (χ3n) is 4.83. The van der Waals surface area contributed by atoms with Crippen molar-refractivity contribution in [2.75, 3.05) is 13.1 Å². The topological polar surface area (TPSA) is 64.6 Å². The minimum Gasteiger partial charge on any atom is -0.390 e. The van der Waals surface area contributed by atoms with E-state index in [4.69, 9.17) is 0 Å². The summed E-state index contributed by atoms with van der Waals surface area (Å²) in [6, 6.07) is 8.59. The lowest BCUT2D eigenvalue weighted by molar-refractivity contribution is 0.142. The fourth-order valence-electron chi connectivity index (χ4n) is 3.51. The van der Waals surface area contributed by atoms with Gasteiger partial charge < -0.3 is 15.7 Å². The van der Waals surface area contributed by atoms with Crippen molar-refractivity contribution in [3.63, 3.8) is 0 Å². The Morgan fingerprint density at radius 2 is 2.09 bits per heavy atom. The first-order valence-corrected chi connectivity index (χ1v) is 8.62. The van der Waals surface area contributed by atoms with Gasteiger partial charge in [-0.25, -0.2) is 4.79 Å². The van der Waals surface area contributed by atoms with Crippen LogP contribution in [-0.4, -0.2) is 47.3 Å². The highest BCUT2D eigenvalue weighted by Crippen LogP contribution is 2.31. The number of hydrogen-bond acceptors (Lipinski definition) is 3. The minimum absolute atomic E-state index is 0.203. The highest BCUT2D eigenvalue weighted by molar-refractivity contribution is 5.74. The molecule has 3 rings (SSSR count). The van der Waals surface area contributed by atoms with E-state index in [2.05, 4.69) is 29.4 Å². The van der Waals surface area contributed by atoms with Crippen LogP contribution < -0.4 is 10.6 Å². The number of hydrogen-bond donors (Lipinski definition) is 3. The van der Waals surface area contributed by atoms with Crippen molar-refractivity contribution in [3.05, 3.63) is 35.4 Å². The van der Waals surface area contributed by atoms with Gasteiger partial charge in [-0.2, -0.15) is 0 Å². The van der Waals surface area contributed by atoms with Crippen molar-refractivity contribution in [1.82, 2.24) is 15.5 Å². The van der Waals surface area contributed by atoms with E-state index in [-0.39, 0.29) is 12.1 Å². The van der Waals surface area contributed by atoms with E-state index < -0.39 is 6.10 Å². The smallest absolute Gasteiger partial charge is 0.315 e. The molecule has 1 aromatic carbocycles. The van der Waals surface area contributed by atoms with Gasteiger partial charge in [-0.3, -0.25) is 4.90 Å². The Morgan fingerprint density at radius 1 is 1.35 bits per heavy atom. The molecule has 5 heteroatoms. The number of nitrogens with one attached hydrogen (secondary N) is 2. The standard InChI is InChI=1S/C18H27N3O2/c1-12(2)21(14-7-8-14)10-9-19-18(23)20-17-15-6-4-3-5-13(15)11-16(17)22/h3-6,12,14,16-17,22H,7-11H2,1-2H3,(H2,19,20,23). The monoisotopic (exact) mass is 317 g/mol. The molecule has 23 heavy (non-hydrogen) atoms. The maximum atomic E-state index is 12.1. The van der Waals surface area contributed by atoms with Gasteiger partial charge in [0.15, 0.2) is 0 Å². The van der Waals surface area contributed by atoms with E-state index in [1.807, 2.05) is 24.3 Å². The van der Waals surface area contributed by atoms with Crippen molar-refractivity contribution < 1.29 is 9.90 Å². The molecule has 0 spiro atoms. The second kappa shape index (κ2) is 6.89. The molecule has 1 aromatic rings.